The fourth-order valence-electron chi connectivity index (χ4n) is 2.09. The van der Waals surface area contributed by atoms with E-state index in [9.17, 15) is 9.18 Å². The van der Waals surface area contributed by atoms with E-state index in [0.717, 1.165) is 0 Å². The summed E-state index contributed by atoms with van der Waals surface area (Å²) in [5.74, 6) is -0.498. The summed E-state index contributed by atoms with van der Waals surface area (Å²) in [7, 11) is 0. The summed E-state index contributed by atoms with van der Waals surface area (Å²) < 4.78 is 19.4. The summed E-state index contributed by atoms with van der Waals surface area (Å²) in [5, 5.41) is 0.298. The van der Waals surface area contributed by atoms with Gasteiger partial charge in [0.25, 0.3) is 5.56 Å². The smallest absolute Gasteiger partial charge is 0.256 e. The van der Waals surface area contributed by atoms with Crippen LogP contribution in [0.1, 0.15) is 11.3 Å². The topological polar surface area (TPSA) is 67.9 Å². The number of ether oxygens (including phenoxy) is 1. The molecule has 0 bridgehead atoms. The molecule has 7 heteroatoms. The van der Waals surface area contributed by atoms with Crippen molar-refractivity contribution in [2.75, 3.05) is 0 Å². The molecule has 2 aromatic rings. The Morgan fingerprint density at radius 2 is 2.14 bits per heavy atom. The SMILES string of the molecule is O=c1[nH]cnccc(-c2ccc(Cl)cc2F)nc2c1COC2. The molecule has 0 amide bonds. The van der Waals surface area contributed by atoms with Gasteiger partial charge in [0.1, 0.15) is 5.82 Å². The third-order valence-electron chi connectivity index (χ3n) is 3.16. The third kappa shape index (κ3) is 2.98. The number of aromatic amines is 1. The zero-order valence-corrected chi connectivity index (χ0v) is 12.1. The van der Waals surface area contributed by atoms with Gasteiger partial charge >= 0.3 is 0 Å². The predicted molar refractivity (Wildman–Crippen MR) is 79.2 cm³/mol. The molecule has 1 aromatic carbocycles. The van der Waals surface area contributed by atoms with E-state index >= 15 is 0 Å². The molecule has 0 fully saturated rings. The summed E-state index contributed by atoms with van der Waals surface area (Å²) >= 11 is 5.77. The zero-order chi connectivity index (χ0) is 15.5. The second-order valence-corrected chi connectivity index (χ2v) is 5.04. The van der Waals surface area contributed by atoms with E-state index < -0.39 is 5.82 Å². The van der Waals surface area contributed by atoms with Crippen molar-refractivity contribution in [1.29, 1.82) is 0 Å². The molecule has 1 N–H and O–H groups in total. The molecular formula is C15H11ClFN3O2. The van der Waals surface area contributed by atoms with Crippen molar-refractivity contribution in [3.63, 3.8) is 0 Å². The Bertz CT molecular complexity index is 837. The molecule has 3 rings (SSSR count). The number of H-pyrrole nitrogens is 1. The van der Waals surface area contributed by atoms with E-state index in [1.54, 1.807) is 12.1 Å². The van der Waals surface area contributed by atoms with Gasteiger partial charge in [-0.25, -0.2) is 14.4 Å². The summed E-state index contributed by atoms with van der Waals surface area (Å²) in [4.78, 5) is 22.7. The quantitative estimate of drug-likeness (QED) is 0.877. The van der Waals surface area contributed by atoms with Crippen molar-refractivity contribution in [3.8, 4) is 11.3 Å². The van der Waals surface area contributed by atoms with Gasteiger partial charge in [-0.1, -0.05) is 11.6 Å². The average Bonchev–Trinajstić information content (AvgIpc) is 2.94. The lowest BCUT2D eigenvalue weighted by atomic mass is 10.1. The Balaban J connectivity index is 2.28. The molecule has 112 valence electrons. The number of nitrogens with zero attached hydrogens (tertiary/aromatic N) is 2. The predicted octanol–water partition coefficient (Wildman–Crippen LogP) is 2.78. The average molecular weight is 320 g/mol. The van der Waals surface area contributed by atoms with Crippen molar-refractivity contribution in [2.45, 2.75) is 13.2 Å². The third-order valence-corrected chi connectivity index (χ3v) is 3.39. The summed E-state index contributed by atoms with van der Waals surface area (Å²) in [6.07, 6.45) is 2.69. The molecule has 1 aromatic heterocycles. The normalized spacial score (nSPS) is 12.6. The van der Waals surface area contributed by atoms with Crippen LogP contribution >= 0.6 is 11.6 Å². The first kappa shape index (κ1) is 14.6. The molecule has 0 radical (unpaired) electrons. The first-order valence-electron chi connectivity index (χ1n) is 6.48. The minimum atomic E-state index is -0.498. The lowest BCUT2D eigenvalue weighted by Gasteiger charge is -2.02. The van der Waals surface area contributed by atoms with Crippen LogP contribution in [-0.2, 0) is 18.0 Å². The van der Waals surface area contributed by atoms with E-state index in [4.69, 9.17) is 16.3 Å². The molecular weight excluding hydrogens is 309 g/mol. The van der Waals surface area contributed by atoms with Crippen LogP contribution in [0.25, 0.3) is 11.3 Å². The highest BCUT2D eigenvalue weighted by Gasteiger charge is 2.16. The van der Waals surface area contributed by atoms with Crippen LogP contribution in [-0.4, -0.2) is 15.0 Å². The minimum Gasteiger partial charge on any atom is -0.370 e. The highest BCUT2D eigenvalue weighted by molar-refractivity contribution is 6.30. The van der Waals surface area contributed by atoms with E-state index in [2.05, 4.69) is 15.0 Å². The van der Waals surface area contributed by atoms with Crippen molar-refractivity contribution >= 4 is 11.6 Å². The van der Waals surface area contributed by atoms with Crippen molar-refractivity contribution in [1.82, 2.24) is 15.0 Å². The molecule has 0 aliphatic carbocycles. The Hall–Kier alpha value is -2.31. The van der Waals surface area contributed by atoms with Gasteiger partial charge in [-0.2, -0.15) is 0 Å². The van der Waals surface area contributed by atoms with E-state index in [1.807, 2.05) is 0 Å². The lowest BCUT2D eigenvalue weighted by Crippen LogP contribution is -2.09. The highest BCUT2D eigenvalue weighted by atomic mass is 35.5. The van der Waals surface area contributed by atoms with Gasteiger partial charge in [0.2, 0.25) is 0 Å². The molecule has 0 saturated heterocycles. The Morgan fingerprint density at radius 1 is 1.27 bits per heavy atom. The van der Waals surface area contributed by atoms with Gasteiger partial charge in [-0.3, -0.25) is 4.79 Å². The molecule has 22 heavy (non-hydrogen) atoms. The first-order valence-corrected chi connectivity index (χ1v) is 6.86. The summed E-state index contributed by atoms with van der Waals surface area (Å²) in [6.45, 7) is 0.366. The van der Waals surface area contributed by atoms with Gasteiger partial charge in [-0.05, 0) is 24.3 Å². The molecule has 0 atom stereocenters. The largest absolute Gasteiger partial charge is 0.370 e. The maximum absolute atomic E-state index is 14.1. The zero-order valence-electron chi connectivity index (χ0n) is 11.3. The van der Waals surface area contributed by atoms with Gasteiger partial charge in [0.05, 0.1) is 36.5 Å². The molecule has 5 nitrogen and oxygen atoms in total. The van der Waals surface area contributed by atoms with Gasteiger partial charge in [0.15, 0.2) is 0 Å². The monoisotopic (exact) mass is 319 g/mol. The molecule has 1 aliphatic rings. The molecule has 1 aliphatic heterocycles. The Kier molecular flexibility index (Phi) is 4.13. The first-order chi connectivity index (χ1) is 10.6. The van der Waals surface area contributed by atoms with Crippen molar-refractivity contribution < 1.29 is 9.13 Å². The van der Waals surface area contributed by atoms with Gasteiger partial charge in [-0.15, -0.1) is 0 Å². The number of aromatic nitrogens is 3. The van der Waals surface area contributed by atoms with E-state index in [0.29, 0.717) is 22.0 Å². The number of hydrogen-bond acceptors (Lipinski definition) is 4. The number of halogens is 2. The molecule has 0 saturated carbocycles. The Morgan fingerprint density at radius 3 is 2.95 bits per heavy atom. The molecule has 2 heterocycles. The number of rotatable bonds is 1. The molecule has 0 unspecified atom stereocenters. The van der Waals surface area contributed by atoms with Crippen molar-refractivity contribution in [2.24, 2.45) is 0 Å². The summed E-state index contributed by atoms with van der Waals surface area (Å²) in [6, 6.07) is 5.88. The number of hydrogen-bond donors (Lipinski definition) is 1. The van der Waals surface area contributed by atoms with Crippen LogP contribution in [0.5, 0.6) is 0 Å². The second kappa shape index (κ2) is 6.21. The van der Waals surface area contributed by atoms with Gasteiger partial charge < -0.3 is 9.72 Å². The highest BCUT2D eigenvalue weighted by Crippen LogP contribution is 2.24. The number of nitrogens with one attached hydrogen (secondary N) is 1. The van der Waals surface area contributed by atoms with Crippen LogP contribution < -0.4 is 5.56 Å². The van der Waals surface area contributed by atoms with Crippen LogP contribution in [0, 0.1) is 5.82 Å². The standard InChI is InChI=1S/C15H11ClFN3O2/c16-9-1-2-10(12(17)5-9)13-3-4-18-8-19-15(21)11-6-22-7-14(11)20-13/h1-5,8H,6-7H2,(H,18,19,21). The maximum Gasteiger partial charge on any atom is 0.256 e. The van der Waals surface area contributed by atoms with Crippen LogP contribution in [0.15, 0.2) is 41.6 Å². The number of fused-ring (bicyclic) bond motifs is 1. The second-order valence-electron chi connectivity index (χ2n) is 4.61. The van der Waals surface area contributed by atoms with Crippen LogP contribution in [0.4, 0.5) is 4.39 Å². The van der Waals surface area contributed by atoms with Crippen LogP contribution in [0.2, 0.25) is 5.02 Å². The fraction of sp³-hybridized carbons (Fsp3) is 0.133. The minimum absolute atomic E-state index is 0.165. The van der Waals surface area contributed by atoms with Gasteiger partial charge in [0, 0.05) is 16.8 Å². The maximum atomic E-state index is 14.1. The van der Waals surface area contributed by atoms with Crippen molar-refractivity contribution in [3.05, 3.63) is 69.2 Å². The molecule has 0 spiro atoms. The van der Waals surface area contributed by atoms with E-state index in [1.165, 1.54) is 24.7 Å². The summed E-state index contributed by atoms with van der Waals surface area (Å²) in [5.41, 5.74) is 1.18. The number of benzene rings is 1. The fourth-order valence-corrected chi connectivity index (χ4v) is 2.24. The Labute approximate surface area is 130 Å². The van der Waals surface area contributed by atoms with E-state index in [-0.39, 0.29) is 24.3 Å². The lowest BCUT2D eigenvalue weighted by molar-refractivity contribution is 0.132. The van der Waals surface area contributed by atoms with Crippen LogP contribution in [0.3, 0.4) is 0 Å².